The predicted octanol–water partition coefficient (Wildman–Crippen LogP) is 3.11. The molecule has 102 valence electrons. The van der Waals surface area contributed by atoms with Crippen molar-refractivity contribution >= 4 is 24.2 Å². The molecule has 4 nitrogen and oxygen atoms in total. The lowest BCUT2D eigenvalue weighted by Gasteiger charge is -2.12. The van der Waals surface area contributed by atoms with Crippen molar-refractivity contribution in [1.29, 1.82) is 0 Å². The maximum Gasteiger partial charge on any atom is 0.407 e. The van der Waals surface area contributed by atoms with Crippen LogP contribution in [0.4, 0.5) is 10.5 Å². The molecule has 0 bridgehead atoms. The molecule has 0 heterocycles. The average molecular weight is 273 g/mol. The van der Waals surface area contributed by atoms with E-state index in [2.05, 4.69) is 12.2 Å². The van der Waals surface area contributed by atoms with Crippen LogP contribution in [0.1, 0.15) is 32.3 Å². The van der Waals surface area contributed by atoms with Crippen LogP contribution in [-0.2, 0) is 11.3 Å². The van der Waals surface area contributed by atoms with Crippen LogP contribution in [0, 0.1) is 0 Å². The van der Waals surface area contributed by atoms with E-state index in [1.54, 1.807) is 0 Å². The number of carbonyl (C=O) groups is 1. The number of benzene rings is 1. The highest BCUT2D eigenvalue weighted by Crippen LogP contribution is 2.05. The lowest BCUT2D eigenvalue weighted by molar-refractivity contribution is 0.101. The number of hydrogen-bond acceptors (Lipinski definition) is 3. The summed E-state index contributed by atoms with van der Waals surface area (Å²) in [7, 11) is 0. The van der Waals surface area contributed by atoms with Gasteiger partial charge in [-0.15, -0.1) is 12.4 Å². The molecule has 5 heteroatoms. The molecule has 0 saturated carbocycles. The molecule has 0 aromatic heterocycles. The summed E-state index contributed by atoms with van der Waals surface area (Å²) in [5, 5.41) is 2.71. The number of halogens is 1. The van der Waals surface area contributed by atoms with Crippen LogP contribution in [0.5, 0.6) is 0 Å². The first kappa shape index (κ1) is 16.6. The van der Waals surface area contributed by atoms with Crippen molar-refractivity contribution in [2.45, 2.75) is 39.3 Å². The molecule has 0 saturated heterocycles. The van der Waals surface area contributed by atoms with E-state index in [1.807, 2.05) is 31.2 Å². The lowest BCUT2D eigenvalue weighted by Crippen LogP contribution is -2.27. The molecule has 1 aromatic rings. The number of amides is 1. The van der Waals surface area contributed by atoms with Crippen molar-refractivity contribution in [3.05, 3.63) is 29.8 Å². The minimum absolute atomic E-state index is 0. The Morgan fingerprint density at radius 1 is 1.39 bits per heavy atom. The Morgan fingerprint density at radius 2 is 2.00 bits per heavy atom. The third kappa shape index (κ3) is 6.35. The van der Waals surface area contributed by atoms with Gasteiger partial charge in [-0.25, -0.2) is 4.79 Å². The first-order valence-electron chi connectivity index (χ1n) is 5.90. The van der Waals surface area contributed by atoms with Gasteiger partial charge >= 0.3 is 6.09 Å². The van der Waals surface area contributed by atoms with Crippen molar-refractivity contribution in [1.82, 2.24) is 5.32 Å². The molecule has 0 radical (unpaired) electrons. The van der Waals surface area contributed by atoms with Crippen molar-refractivity contribution in [3.8, 4) is 0 Å². The van der Waals surface area contributed by atoms with E-state index in [9.17, 15) is 4.79 Å². The van der Waals surface area contributed by atoms with Gasteiger partial charge in [0.25, 0.3) is 0 Å². The largest absolute Gasteiger partial charge is 0.447 e. The van der Waals surface area contributed by atoms with E-state index < -0.39 is 0 Å². The summed E-state index contributed by atoms with van der Waals surface area (Å²) in [6.45, 7) is 4.41. The summed E-state index contributed by atoms with van der Waals surface area (Å²) in [4.78, 5) is 11.4. The van der Waals surface area contributed by atoms with Crippen LogP contribution in [0.15, 0.2) is 24.3 Å². The SMILES string of the molecule is CCCC(C)OC(=O)NCc1ccc(N)cc1.Cl. The second kappa shape index (κ2) is 8.64. The van der Waals surface area contributed by atoms with Crippen molar-refractivity contribution in [2.75, 3.05) is 5.73 Å². The highest BCUT2D eigenvalue weighted by Gasteiger charge is 2.07. The fraction of sp³-hybridized carbons (Fsp3) is 0.462. The zero-order chi connectivity index (χ0) is 12.7. The normalized spacial score (nSPS) is 11.2. The van der Waals surface area contributed by atoms with E-state index in [4.69, 9.17) is 10.5 Å². The van der Waals surface area contributed by atoms with Crippen LogP contribution < -0.4 is 11.1 Å². The number of ether oxygens (including phenoxy) is 1. The molecule has 1 rings (SSSR count). The molecule has 0 fully saturated rings. The van der Waals surface area contributed by atoms with Gasteiger partial charge in [0.1, 0.15) is 6.10 Å². The maximum absolute atomic E-state index is 11.4. The summed E-state index contributed by atoms with van der Waals surface area (Å²) in [6.07, 6.45) is 1.48. The molecule has 0 aliphatic heterocycles. The van der Waals surface area contributed by atoms with Gasteiger partial charge in [0.2, 0.25) is 0 Å². The Hall–Kier alpha value is -1.42. The standard InChI is InChI=1S/C13H20N2O2.ClH/c1-3-4-10(2)17-13(16)15-9-11-5-7-12(14)8-6-11;/h5-8,10H,3-4,9,14H2,1-2H3,(H,15,16);1H. The molecule has 0 aliphatic carbocycles. The average Bonchev–Trinajstić information content (AvgIpc) is 2.28. The van der Waals surface area contributed by atoms with E-state index in [1.165, 1.54) is 0 Å². The van der Waals surface area contributed by atoms with Gasteiger partial charge < -0.3 is 15.8 Å². The van der Waals surface area contributed by atoms with Crippen LogP contribution in [-0.4, -0.2) is 12.2 Å². The second-order valence-corrected chi connectivity index (χ2v) is 4.10. The monoisotopic (exact) mass is 272 g/mol. The van der Waals surface area contributed by atoms with Gasteiger partial charge in [-0.2, -0.15) is 0 Å². The zero-order valence-corrected chi connectivity index (χ0v) is 11.6. The minimum Gasteiger partial charge on any atom is -0.447 e. The molecule has 1 aromatic carbocycles. The fourth-order valence-electron chi connectivity index (χ4n) is 1.50. The third-order valence-corrected chi connectivity index (χ3v) is 2.42. The summed E-state index contributed by atoms with van der Waals surface area (Å²) in [6, 6.07) is 7.38. The van der Waals surface area contributed by atoms with E-state index in [-0.39, 0.29) is 24.6 Å². The topological polar surface area (TPSA) is 64.3 Å². The molecular weight excluding hydrogens is 252 g/mol. The van der Waals surface area contributed by atoms with Crippen molar-refractivity contribution < 1.29 is 9.53 Å². The van der Waals surface area contributed by atoms with Gasteiger partial charge in [0, 0.05) is 12.2 Å². The van der Waals surface area contributed by atoms with Crippen LogP contribution in [0.3, 0.4) is 0 Å². The Kier molecular flexibility index (Phi) is 7.96. The fourth-order valence-corrected chi connectivity index (χ4v) is 1.50. The van der Waals surface area contributed by atoms with Crippen LogP contribution in [0.25, 0.3) is 0 Å². The van der Waals surface area contributed by atoms with E-state index >= 15 is 0 Å². The maximum atomic E-state index is 11.4. The highest BCUT2D eigenvalue weighted by atomic mass is 35.5. The summed E-state index contributed by atoms with van der Waals surface area (Å²) >= 11 is 0. The smallest absolute Gasteiger partial charge is 0.407 e. The molecule has 18 heavy (non-hydrogen) atoms. The Bertz CT molecular complexity index is 355. The number of rotatable bonds is 5. The summed E-state index contributed by atoms with van der Waals surface area (Å²) < 4.78 is 5.16. The van der Waals surface area contributed by atoms with E-state index in [0.29, 0.717) is 12.2 Å². The van der Waals surface area contributed by atoms with Crippen LogP contribution in [0.2, 0.25) is 0 Å². The Morgan fingerprint density at radius 3 is 2.56 bits per heavy atom. The van der Waals surface area contributed by atoms with E-state index in [0.717, 1.165) is 18.4 Å². The Labute approximate surface area is 114 Å². The number of nitrogens with one attached hydrogen (secondary N) is 1. The van der Waals surface area contributed by atoms with Gasteiger partial charge in [0.15, 0.2) is 0 Å². The summed E-state index contributed by atoms with van der Waals surface area (Å²) in [5.41, 5.74) is 7.28. The second-order valence-electron chi connectivity index (χ2n) is 4.10. The van der Waals surface area contributed by atoms with Crippen LogP contribution >= 0.6 is 12.4 Å². The summed E-state index contributed by atoms with van der Waals surface area (Å²) in [5.74, 6) is 0. The molecule has 3 N–H and O–H groups in total. The number of nitrogen functional groups attached to an aromatic ring is 1. The van der Waals surface area contributed by atoms with Gasteiger partial charge in [-0.05, 0) is 31.0 Å². The lowest BCUT2D eigenvalue weighted by atomic mass is 10.2. The van der Waals surface area contributed by atoms with Gasteiger partial charge in [-0.3, -0.25) is 0 Å². The third-order valence-electron chi connectivity index (χ3n) is 2.42. The minimum atomic E-state index is -0.372. The van der Waals surface area contributed by atoms with Gasteiger partial charge in [-0.1, -0.05) is 25.5 Å². The first-order chi connectivity index (χ1) is 8.11. The first-order valence-corrected chi connectivity index (χ1v) is 5.90. The number of alkyl carbamates (subject to hydrolysis) is 1. The molecule has 0 aliphatic rings. The molecular formula is C13H21ClN2O2. The number of anilines is 1. The molecule has 0 spiro atoms. The van der Waals surface area contributed by atoms with Crippen molar-refractivity contribution in [2.24, 2.45) is 0 Å². The predicted molar refractivity (Wildman–Crippen MR) is 75.8 cm³/mol. The number of hydrogen-bond donors (Lipinski definition) is 2. The highest BCUT2D eigenvalue weighted by molar-refractivity contribution is 5.85. The zero-order valence-electron chi connectivity index (χ0n) is 10.8. The quantitative estimate of drug-likeness (QED) is 0.810. The number of carbonyl (C=O) groups excluding carboxylic acids is 1. The van der Waals surface area contributed by atoms with Gasteiger partial charge in [0.05, 0.1) is 0 Å². The molecule has 1 atom stereocenters. The Balaban J connectivity index is 0.00000289. The molecule has 1 unspecified atom stereocenters. The number of nitrogens with two attached hydrogens (primary N) is 1. The van der Waals surface area contributed by atoms with Crippen molar-refractivity contribution in [3.63, 3.8) is 0 Å². The molecule has 1 amide bonds.